The van der Waals surface area contributed by atoms with Gasteiger partial charge in [0.2, 0.25) is 0 Å². The van der Waals surface area contributed by atoms with Crippen LogP contribution in [0.15, 0.2) is 54.6 Å². The van der Waals surface area contributed by atoms with E-state index in [1.165, 1.54) is 31.1 Å². The minimum Gasteiger partial charge on any atom is -0.289 e. The summed E-state index contributed by atoms with van der Waals surface area (Å²) in [5.74, 6) is 0.103. The van der Waals surface area contributed by atoms with Gasteiger partial charge in [-0.25, -0.2) is 0 Å². The zero-order chi connectivity index (χ0) is 14.2. The highest BCUT2D eigenvalue weighted by Gasteiger charge is 2.02. The van der Waals surface area contributed by atoms with E-state index in [1.807, 2.05) is 42.5 Å². The van der Waals surface area contributed by atoms with Crippen molar-refractivity contribution in [1.82, 2.24) is 0 Å². The number of benzene rings is 2. The number of ketones is 1. The zero-order valence-electron chi connectivity index (χ0n) is 12.1. The van der Waals surface area contributed by atoms with Gasteiger partial charge >= 0.3 is 0 Å². The molecule has 0 saturated heterocycles. The van der Waals surface area contributed by atoms with Crippen LogP contribution < -0.4 is 0 Å². The molecule has 0 radical (unpaired) electrons. The quantitative estimate of drug-likeness (QED) is 0.365. The largest absolute Gasteiger partial charge is 0.289 e. The van der Waals surface area contributed by atoms with Gasteiger partial charge in [-0.05, 0) is 35.8 Å². The molecule has 1 heteroatoms. The van der Waals surface area contributed by atoms with Crippen LogP contribution in [0, 0.1) is 0 Å². The maximum Gasteiger partial charge on any atom is 0.185 e. The summed E-state index contributed by atoms with van der Waals surface area (Å²) in [6.07, 6.45) is 9.69. The number of hydrogen-bond donors (Lipinski definition) is 0. The molecule has 0 unspecified atom stereocenters. The van der Waals surface area contributed by atoms with E-state index in [0.717, 1.165) is 17.4 Å². The van der Waals surface area contributed by atoms with Crippen LogP contribution in [-0.4, -0.2) is 5.78 Å². The smallest absolute Gasteiger partial charge is 0.185 e. The molecule has 2 aromatic rings. The summed E-state index contributed by atoms with van der Waals surface area (Å²) in [5.41, 5.74) is 0.772. The van der Waals surface area contributed by atoms with E-state index in [1.54, 1.807) is 6.08 Å². The number of carbonyl (C=O) groups is 1. The average Bonchev–Trinajstić information content (AvgIpc) is 2.50. The number of unbranched alkanes of at least 4 members (excludes halogenated alkanes) is 4. The van der Waals surface area contributed by atoms with Crippen LogP contribution in [0.25, 0.3) is 10.8 Å². The van der Waals surface area contributed by atoms with E-state index in [-0.39, 0.29) is 5.78 Å². The third-order valence-electron chi connectivity index (χ3n) is 3.53. The van der Waals surface area contributed by atoms with Crippen LogP contribution in [0.3, 0.4) is 0 Å². The zero-order valence-corrected chi connectivity index (χ0v) is 12.1. The van der Waals surface area contributed by atoms with Crippen molar-refractivity contribution in [3.05, 3.63) is 60.2 Å². The Balaban J connectivity index is 1.95. The van der Waals surface area contributed by atoms with Crippen molar-refractivity contribution in [2.75, 3.05) is 0 Å². The Bertz CT molecular complexity index is 595. The lowest BCUT2D eigenvalue weighted by Crippen LogP contribution is -1.93. The second-order valence-electron chi connectivity index (χ2n) is 5.18. The van der Waals surface area contributed by atoms with E-state index in [4.69, 9.17) is 0 Å². The second-order valence-corrected chi connectivity index (χ2v) is 5.18. The molecule has 0 saturated carbocycles. The third kappa shape index (κ3) is 4.06. The SMILES string of the molecule is CCCCCC/C=C/C(=O)c1ccc2ccccc2c1. The Morgan fingerprint density at radius 1 is 1.00 bits per heavy atom. The summed E-state index contributed by atoms with van der Waals surface area (Å²) >= 11 is 0. The van der Waals surface area contributed by atoms with Crippen molar-refractivity contribution in [2.24, 2.45) is 0 Å². The summed E-state index contributed by atoms with van der Waals surface area (Å²) in [6.45, 7) is 2.21. The summed E-state index contributed by atoms with van der Waals surface area (Å²) in [5, 5.41) is 2.29. The normalized spacial score (nSPS) is 11.2. The Morgan fingerprint density at radius 2 is 1.80 bits per heavy atom. The third-order valence-corrected chi connectivity index (χ3v) is 3.53. The predicted octanol–water partition coefficient (Wildman–Crippen LogP) is 5.55. The molecule has 0 atom stereocenters. The van der Waals surface area contributed by atoms with Gasteiger partial charge in [-0.15, -0.1) is 0 Å². The maximum atomic E-state index is 12.1. The van der Waals surface area contributed by atoms with Crippen LogP contribution in [0.2, 0.25) is 0 Å². The minimum atomic E-state index is 0.103. The van der Waals surface area contributed by atoms with Crippen LogP contribution in [-0.2, 0) is 0 Å². The van der Waals surface area contributed by atoms with Crippen molar-refractivity contribution in [2.45, 2.75) is 39.0 Å². The second kappa shape index (κ2) is 7.64. The van der Waals surface area contributed by atoms with Gasteiger partial charge in [-0.1, -0.05) is 68.7 Å². The van der Waals surface area contributed by atoms with Crippen LogP contribution >= 0.6 is 0 Å². The van der Waals surface area contributed by atoms with Crippen molar-refractivity contribution in [3.63, 3.8) is 0 Å². The van der Waals surface area contributed by atoms with E-state index in [0.29, 0.717) is 0 Å². The summed E-state index contributed by atoms with van der Waals surface area (Å²) < 4.78 is 0. The lowest BCUT2D eigenvalue weighted by molar-refractivity contribution is 0.104. The van der Waals surface area contributed by atoms with E-state index < -0.39 is 0 Å². The monoisotopic (exact) mass is 266 g/mol. The van der Waals surface area contributed by atoms with Gasteiger partial charge in [-0.3, -0.25) is 4.79 Å². The number of carbonyl (C=O) groups excluding carboxylic acids is 1. The molecule has 0 amide bonds. The fraction of sp³-hybridized carbons (Fsp3) is 0.316. The van der Waals surface area contributed by atoms with Crippen LogP contribution in [0.5, 0.6) is 0 Å². The first-order valence-corrected chi connectivity index (χ1v) is 7.51. The number of allylic oxidation sites excluding steroid dienone is 2. The molecule has 104 valence electrons. The predicted molar refractivity (Wildman–Crippen MR) is 86.2 cm³/mol. The molecule has 0 fully saturated rings. The molecule has 0 aliphatic heterocycles. The highest BCUT2D eigenvalue weighted by Crippen LogP contribution is 2.16. The molecule has 2 aromatic carbocycles. The van der Waals surface area contributed by atoms with Gasteiger partial charge in [0.1, 0.15) is 0 Å². The molecule has 20 heavy (non-hydrogen) atoms. The Morgan fingerprint density at radius 3 is 2.60 bits per heavy atom. The van der Waals surface area contributed by atoms with Gasteiger partial charge in [0, 0.05) is 5.56 Å². The van der Waals surface area contributed by atoms with Crippen LogP contribution in [0.4, 0.5) is 0 Å². The Kier molecular flexibility index (Phi) is 5.55. The molecule has 0 heterocycles. The van der Waals surface area contributed by atoms with Gasteiger partial charge in [0.15, 0.2) is 5.78 Å². The van der Waals surface area contributed by atoms with Gasteiger partial charge < -0.3 is 0 Å². The maximum absolute atomic E-state index is 12.1. The number of rotatable bonds is 7. The number of fused-ring (bicyclic) bond motifs is 1. The highest BCUT2D eigenvalue weighted by molar-refractivity contribution is 6.06. The topological polar surface area (TPSA) is 17.1 Å². The van der Waals surface area contributed by atoms with Crippen molar-refractivity contribution in [3.8, 4) is 0 Å². The first-order valence-electron chi connectivity index (χ1n) is 7.51. The molecule has 0 N–H and O–H groups in total. The van der Waals surface area contributed by atoms with E-state index in [9.17, 15) is 4.79 Å². The lowest BCUT2D eigenvalue weighted by Gasteiger charge is -2.00. The lowest BCUT2D eigenvalue weighted by atomic mass is 10.0. The standard InChI is InChI=1S/C19H22O/c1-2-3-4-5-6-7-12-19(20)18-14-13-16-10-8-9-11-17(16)15-18/h7-15H,2-6H2,1H3/b12-7+. The number of hydrogen-bond acceptors (Lipinski definition) is 1. The molecule has 2 rings (SSSR count). The molecule has 0 spiro atoms. The molecule has 0 aliphatic rings. The van der Waals surface area contributed by atoms with E-state index in [2.05, 4.69) is 13.0 Å². The van der Waals surface area contributed by atoms with Crippen molar-refractivity contribution < 1.29 is 4.79 Å². The van der Waals surface area contributed by atoms with Crippen molar-refractivity contribution in [1.29, 1.82) is 0 Å². The summed E-state index contributed by atoms with van der Waals surface area (Å²) in [6, 6.07) is 14.0. The van der Waals surface area contributed by atoms with Crippen LogP contribution in [0.1, 0.15) is 49.4 Å². The first kappa shape index (κ1) is 14.5. The summed E-state index contributed by atoms with van der Waals surface area (Å²) in [4.78, 5) is 12.1. The Hall–Kier alpha value is -1.89. The summed E-state index contributed by atoms with van der Waals surface area (Å²) in [7, 11) is 0. The van der Waals surface area contributed by atoms with Gasteiger partial charge in [0.25, 0.3) is 0 Å². The average molecular weight is 266 g/mol. The molecule has 0 aliphatic carbocycles. The fourth-order valence-corrected chi connectivity index (χ4v) is 2.32. The molecule has 0 aromatic heterocycles. The van der Waals surface area contributed by atoms with E-state index >= 15 is 0 Å². The fourth-order valence-electron chi connectivity index (χ4n) is 2.32. The van der Waals surface area contributed by atoms with Crippen molar-refractivity contribution >= 4 is 16.6 Å². The molecule has 1 nitrogen and oxygen atoms in total. The minimum absolute atomic E-state index is 0.103. The van der Waals surface area contributed by atoms with Gasteiger partial charge in [0.05, 0.1) is 0 Å². The Labute approximate surface area is 121 Å². The molecular weight excluding hydrogens is 244 g/mol. The molecule has 0 bridgehead atoms. The highest BCUT2D eigenvalue weighted by atomic mass is 16.1. The molecular formula is C19H22O. The first-order chi connectivity index (χ1) is 9.81. The van der Waals surface area contributed by atoms with Gasteiger partial charge in [-0.2, -0.15) is 0 Å².